The number of nitrogens with two attached hydrogens (primary N) is 1. The van der Waals surface area contributed by atoms with Crippen LogP contribution < -0.4 is 15.9 Å². The van der Waals surface area contributed by atoms with Crippen LogP contribution in [0.4, 0.5) is 5.82 Å². The number of hydrazone groups is 1. The van der Waals surface area contributed by atoms with Crippen LogP contribution in [-0.2, 0) is 0 Å². The van der Waals surface area contributed by atoms with Crippen molar-refractivity contribution >= 4 is 29.5 Å². The number of carbonyl (C=O) groups excluding carboxylic acids is 1. The van der Waals surface area contributed by atoms with Gasteiger partial charge in [0.1, 0.15) is 17.2 Å². The van der Waals surface area contributed by atoms with Crippen LogP contribution >= 0.6 is 11.6 Å². The Hall–Kier alpha value is -4.45. The first-order valence-electron chi connectivity index (χ1n) is 9.57. The number of hydrogen-bond donors (Lipinski definition) is 3. The van der Waals surface area contributed by atoms with Gasteiger partial charge in [0.05, 0.1) is 12.8 Å². The Morgan fingerprint density at radius 3 is 2.79 bits per heavy atom. The second kappa shape index (κ2) is 9.36. The topological polar surface area (TPSA) is 167 Å². The Morgan fingerprint density at radius 2 is 2.09 bits per heavy atom. The molecule has 0 radical (unpaired) electrons. The minimum Gasteiger partial charge on any atom is -0.507 e. The van der Waals surface area contributed by atoms with Crippen molar-refractivity contribution in [2.45, 2.75) is 6.92 Å². The van der Waals surface area contributed by atoms with Crippen LogP contribution in [0.3, 0.4) is 0 Å². The first-order chi connectivity index (χ1) is 16.0. The molecule has 4 aromatic rings. The van der Waals surface area contributed by atoms with E-state index >= 15 is 0 Å². The van der Waals surface area contributed by atoms with Crippen LogP contribution in [0.1, 0.15) is 23.0 Å². The molecule has 12 nitrogen and oxygen atoms in total. The highest BCUT2D eigenvalue weighted by Gasteiger charge is 2.25. The predicted octanol–water partition coefficient (Wildman–Crippen LogP) is 2.42. The fraction of sp³-hybridized carbons (Fsp3) is 0.100. The fourth-order valence-corrected chi connectivity index (χ4v) is 3.08. The number of anilines is 1. The second-order valence-electron chi connectivity index (χ2n) is 6.53. The molecule has 168 valence electrons. The van der Waals surface area contributed by atoms with Crippen molar-refractivity contribution in [1.82, 2.24) is 30.7 Å². The molecule has 2 aromatic heterocycles. The summed E-state index contributed by atoms with van der Waals surface area (Å²) in [7, 11) is 0. The number of halogens is 1. The van der Waals surface area contributed by atoms with Crippen LogP contribution in [0, 0.1) is 0 Å². The van der Waals surface area contributed by atoms with E-state index in [4.69, 9.17) is 22.1 Å². The molecule has 0 fully saturated rings. The molecule has 4 rings (SSSR count). The van der Waals surface area contributed by atoms with Crippen molar-refractivity contribution in [2.24, 2.45) is 5.10 Å². The maximum absolute atomic E-state index is 12.9. The molecule has 2 heterocycles. The van der Waals surface area contributed by atoms with Gasteiger partial charge in [0.25, 0.3) is 5.91 Å². The number of nitrogen functional groups attached to an aromatic ring is 1. The van der Waals surface area contributed by atoms with Gasteiger partial charge >= 0.3 is 0 Å². The number of carbonyl (C=O) groups is 1. The number of benzene rings is 2. The molecule has 0 aliphatic carbocycles. The molecular weight excluding hydrogens is 452 g/mol. The quantitative estimate of drug-likeness (QED) is 0.272. The van der Waals surface area contributed by atoms with E-state index in [1.54, 1.807) is 24.3 Å². The maximum atomic E-state index is 12.9. The predicted molar refractivity (Wildman–Crippen MR) is 118 cm³/mol. The summed E-state index contributed by atoms with van der Waals surface area (Å²) < 4.78 is 11.4. The van der Waals surface area contributed by atoms with Gasteiger partial charge in [0.2, 0.25) is 11.6 Å². The first kappa shape index (κ1) is 21.8. The van der Waals surface area contributed by atoms with Crippen molar-refractivity contribution in [2.75, 3.05) is 12.3 Å². The summed E-state index contributed by atoms with van der Waals surface area (Å²) in [5, 5.41) is 29.4. The van der Waals surface area contributed by atoms with Crippen molar-refractivity contribution in [3.8, 4) is 28.6 Å². The number of nitrogens with one attached hydrogen (secondary N) is 1. The number of aromatic nitrogens is 5. The van der Waals surface area contributed by atoms with Crippen molar-refractivity contribution in [1.29, 1.82) is 0 Å². The Labute approximate surface area is 191 Å². The highest BCUT2D eigenvalue weighted by molar-refractivity contribution is 6.30. The van der Waals surface area contributed by atoms with E-state index in [0.717, 1.165) is 0 Å². The summed E-state index contributed by atoms with van der Waals surface area (Å²) in [6, 6.07) is 11.4. The lowest BCUT2D eigenvalue weighted by atomic mass is 10.1. The molecule has 0 spiro atoms. The number of ether oxygens (including phenoxy) is 1. The van der Waals surface area contributed by atoms with Crippen LogP contribution in [0.25, 0.3) is 17.1 Å². The largest absolute Gasteiger partial charge is 0.507 e. The van der Waals surface area contributed by atoms with E-state index in [-0.39, 0.29) is 28.8 Å². The Kier molecular flexibility index (Phi) is 6.17. The van der Waals surface area contributed by atoms with Gasteiger partial charge in [-0.2, -0.15) is 9.78 Å². The third-order valence-electron chi connectivity index (χ3n) is 4.38. The van der Waals surface area contributed by atoms with Gasteiger partial charge in [0.15, 0.2) is 5.69 Å². The van der Waals surface area contributed by atoms with Gasteiger partial charge in [0, 0.05) is 16.1 Å². The van der Waals surface area contributed by atoms with Crippen LogP contribution in [0.15, 0.2) is 52.2 Å². The Morgan fingerprint density at radius 1 is 1.30 bits per heavy atom. The molecule has 0 saturated carbocycles. The van der Waals surface area contributed by atoms with Gasteiger partial charge in [-0.1, -0.05) is 16.8 Å². The van der Waals surface area contributed by atoms with E-state index < -0.39 is 5.91 Å². The van der Waals surface area contributed by atoms with Crippen molar-refractivity contribution < 1.29 is 19.3 Å². The summed E-state index contributed by atoms with van der Waals surface area (Å²) >= 11 is 5.92. The van der Waals surface area contributed by atoms with Crippen LogP contribution in [0.5, 0.6) is 11.5 Å². The number of phenolic OH excluding ortho intramolecular Hbond substituents is 1. The minimum absolute atomic E-state index is 0.0338. The minimum atomic E-state index is -0.669. The lowest BCUT2D eigenvalue weighted by molar-refractivity contribution is 0.0950. The Bertz CT molecular complexity index is 1320. The lowest BCUT2D eigenvalue weighted by Gasteiger charge is -2.07. The fourth-order valence-electron chi connectivity index (χ4n) is 2.90. The average molecular weight is 469 g/mol. The van der Waals surface area contributed by atoms with E-state index in [1.807, 2.05) is 6.92 Å². The van der Waals surface area contributed by atoms with E-state index in [1.165, 1.54) is 29.1 Å². The summed E-state index contributed by atoms with van der Waals surface area (Å²) in [6.07, 6.45) is 1.25. The monoisotopic (exact) mass is 468 g/mol. The molecule has 0 bridgehead atoms. The highest BCUT2D eigenvalue weighted by Crippen LogP contribution is 2.28. The average Bonchev–Trinajstić information content (AvgIpc) is 3.43. The van der Waals surface area contributed by atoms with Crippen molar-refractivity contribution in [3.05, 3.63) is 58.7 Å². The molecule has 0 unspecified atom stereocenters. The molecule has 2 aromatic carbocycles. The number of nitrogens with zero attached hydrogens (tertiary/aromatic N) is 6. The number of rotatable bonds is 7. The van der Waals surface area contributed by atoms with Gasteiger partial charge in [-0.05, 0) is 59.7 Å². The van der Waals surface area contributed by atoms with Gasteiger partial charge in [-0.25, -0.2) is 10.1 Å². The zero-order chi connectivity index (χ0) is 23.4. The third kappa shape index (κ3) is 4.60. The SMILES string of the molecule is CCOc1ccc(-c2c(C(=O)N/N=C\c3cc(Cl)ccc3O)nnn2-c2nonc2N)cc1. The van der Waals surface area contributed by atoms with Crippen LogP contribution in [-0.4, -0.2) is 49.1 Å². The molecule has 4 N–H and O–H groups in total. The van der Waals surface area contributed by atoms with E-state index in [0.29, 0.717) is 28.5 Å². The third-order valence-corrected chi connectivity index (χ3v) is 4.61. The zero-order valence-electron chi connectivity index (χ0n) is 17.1. The van der Waals surface area contributed by atoms with E-state index in [2.05, 4.69) is 35.8 Å². The standard InChI is InChI=1S/C20H17ClN8O4/c1-2-32-14-6-3-11(4-7-14)17-16(24-28-29(17)19-18(22)26-33-27-19)20(31)25-23-10-12-9-13(21)5-8-15(12)30/h3-10,30H,2H2,1H3,(H2,22,26)(H,25,31)/b23-10-. The van der Waals surface area contributed by atoms with Crippen LogP contribution in [0.2, 0.25) is 5.02 Å². The number of aromatic hydroxyl groups is 1. The summed E-state index contributed by atoms with van der Waals surface area (Å²) in [5.41, 5.74) is 9.27. The van der Waals surface area contributed by atoms with Gasteiger partial charge in [-0.3, -0.25) is 4.79 Å². The number of phenols is 1. The molecule has 0 saturated heterocycles. The molecule has 13 heteroatoms. The smallest absolute Gasteiger partial charge is 0.294 e. The summed E-state index contributed by atoms with van der Waals surface area (Å²) in [5.74, 6) is -0.0311. The highest BCUT2D eigenvalue weighted by atomic mass is 35.5. The summed E-state index contributed by atoms with van der Waals surface area (Å²) in [6.45, 7) is 2.38. The van der Waals surface area contributed by atoms with Gasteiger partial charge in [-0.15, -0.1) is 5.10 Å². The zero-order valence-corrected chi connectivity index (χ0v) is 17.9. The molecule has 1 amide bonds. The number of amides is 1. The maximum Gasteiger partial charge on any atom is 0.294 e. The molecular formula is C20H17ClN8O4. The van der Waals surface area contributed by atoms with Gasteiger partial charge < -0.3 is 15.6 Å². The number of hydrogen-bond acceptors (Lipinski definition) is 10. The molecule has 0 aliphatic rings. The Balaban J connectivity index is 1.68. The molecule has 0 atom stereocenters. The molecule has 0 aliphatic heterocycles. The van der Waals surface area contributed by atoms with Crippen molar-refractivity contribution in [3.63, 3.8) is 0 Å². The second-order valence-corrected chi connectivity index (χ2v) is 6.97. The molecule has 33 heavy (non-hydrogen) atoms. The summed E-state index contributed by atoms with van der Waals surface area (Å²) in [4.78, 5) is 12.9. The van der Waals surface area contributed by atoms with E-state index in [9.17, 15) is 9.90 Å². The lowest BCUT2D eigenvalue weighted by Crippen LogP contribution is -2.19. The first-order valence-corrected chi connectivity index (χ1v) is 9.95. The normalized spacial score (nSPS) is 11.1.